The molecule has 174 valence electrons. The second-order valence-corrected chi connectivity index (χ2v) is 10.5. The number of pyridine rings is 1. The van der Waals surface area contributed by atoms with Gasteiger partial charge in [0.15, 0.2) is 0 Å². The summed E-state index contributed by atoms with van der Waals surface area (Å²) in [6.07, 6.45) is 4.20. The number of unbranched alkanes of at least 4 members (excludes halogenated alkanes) is 1. The first-order valence-electron chi connectivity index (χ1n) is 10.9. The van der Waals surface area contributed by atoms with Crippen LogP contribution in [0.5, 0.6) is 0 Å². The number of carbonyl (C=O) groups excluding carboxylic acids is 1. The van der Waals surface area contributed by atoms with E-state index in [1.54, 1.807) is 18.3 Å². The topological polar surface area (TPSA) is 88.2 Å². The molecule has 1 heterocycles. The molecule has 0 saturated carbocycles. The Labute approximate surface area is 204 Å². The molecule has 2 aromatic carbocycles. The summed E-state index contributed by atoms with van der Waals surface area (Å²) in [4.78, 5) is 16.3. The van der Waals surface area contributed by atoms with E-state index in [0.29, 0.717) is 13.0 Å². The van der Waals surface area contributed by atoms with Crippen LogP contribution in [-0.2, 0) is 21.2 Å². The molecule has 0 spiro atoms. The van der Waals surface area contributed by atoms with Crippen molar-refractivity contribution in [2.75, 3.05) is 6.54 Å². The smallest absolute Gasteiger partial charge is 0.240 e. The molecule has 6 nitrogen and oxygen atoms in total. The standard InChI is InChI=1S/C25H28BrN3O3S/c1-19(6-2-4-17-28-25(30)18-23-7-3-5-16-27-23)29-33(31,32)24-14-10-21(11-15-24)20-8-12-22(26)13-9-20/h3,5,7-16,19,29H,2,4,6,17-18H2,1H3,(H,28,30). The third-order valence-electron chi connectivity index (χ3n) is 5.15. The van der Waals surface area contributed by atoms with Gasteiger partial charge in [-0.2, -0.15) is 0 Å². The minimum atomic E-state index is -3.59. The van der Waals surface area contributed by atoms with Crippen LogP contribution in [0.15, 0.2) is 82.3 Å². The molecular formula is C25H28BrN3O3S. The highest BCUT2D eigenvalue weighted by Gasteiger charge is 2.17. The SMILES string of the molecule is CC(CCCCNC(=O)Cc1ccccn1)NS(=O)(=O)c1ccc(-c2ccc(Br)cc2)cc1. The lowest BCUT2D eigenvalue weighted by molar-refractivity contribution is -0.120. The number of hydrogen-bond donors (Lipinski definition) is 2. The summed E-state index contributed by atoms with van der Waals surface area (Å²) in [6, 6.07) is 20.0. The maximum atomic E-state index is 12.7. The molecule has 0 radical (unpaired) electrons. The van der Waals surface area contributed by atoms with Crippen molar-refractivity contribution in [3.63, 3.8) is 0 Å². The predicted octanol–water partition coefficient (Wildman–Crippen LogP) is 4.71. The minimum Gasteiger partial charge on any atom is -0.356 e. The van der Waals surface area contributed by atoms with E-state index >= 15 is 0 Å². The summed E-state index contributed by atoms with van der Waals surface area (Å²) in [5.74, 6) is -0.0611. The van der Waals surface area contributed by atoms with Crippen LogP contribution in [0.25, 0.3) is 11.1 Å². The summed E-state index contributed by atoms with van der Waals surface area (Å²) in [6.45, 7) is 2.41. The highest BCUT2D eigenvalue weighted by atomic mass is 79.9. The lowest BCUT2D eigenvalue weighted by Gasteiger charge is -2.15. The first kappa shape index (κ1) is 25.1. The summed E-state index contributed by atoms with van der Waals surface area (Å²) >= 11 is 3.41. The Balaban J connectivity index is 1.40. The Morgan fingerprint density at radius 2 is 1.64 bits per heavy atom. The van der Waals surface area contributed by atoms with Crippen LogP contribution in [0.2, 0.25) is 0 Å². The summed E-state index contributed by atoms with van der Waals surface area (Å²) in [5.41, 5.74) is 2.72. The molecule has 1 unspecified atom stereocenters. The highest BCUT2D eigenvalue weighted by molar-refractivity contribution is 9.10. The quantitative estimate of drug-likeness (QED) is 0.352. The lowest BCUT2D eigenvalue weighted by Crippen LogP contribution is -2.32. The number of rotatable bonds is 11. The Morgan fingerprint density at radius 1 is 0.970 bits per heavy atom. The molecule has 0 saturated heterocycles. The van der Waals surface area contributed by atoms with Crippen LogP contribution in [0.1, 0.15) is 31.9 Å². The summed E-state index contributed by atoms with van der Waals surface area (Å²) in [5, 5.41) is 2.88. The Kier molecular flexibility index (Phi) is 9.17. The molecule has 8 heteroatoms. The monoisotopic (exact) mass is 529 g/mol. The molecule has 1 atom stereocenters. The molecule has 3 rings (SSSR count). The van der Waals surface area contributed by atoms with E-state index in [-0.39, 0.29) is 23.3 Å². The number of sulfonamides is 1. The van der Waals surface area contributed by atoms with Crippen molar-refractivity contribution in [1.29, 1.82) is 0 Å². The molecule has 3 aromatic rings. The average molecular weight is 530 g/mol. The number of amides is 1. The first-order valence-corrected chi connectivity index (χ1v) is 13.2. The zero-order valence-electron chi connectivity index (χ0n) is 18.5. The van der Waals surface area contributed by atoms with Crippen LogP contribution in [-0.4, -0.2) is 31.9 Å². The van der Waals surface area contributed by atoms with Gasteiger partial charge in [0.1, 0.15) is 0 Å². The predicted molar refractivity (Wildman–Crippen MR) is 134 cm³/mol. The van der Waals surface area contributed by atoms with Crippen LogP contribution in [0.4, 0.5) is 0 Å². The lowest BCUT2D eigenvalue weighted by atomic mass is 10.1. The summed E-state index contributed by atoms with van der Waals surface area (Å²) in [7, 11) is -3.59. The fourth-order valence-electron chi connectivity index (χ4n) is 3.39. The number of carbonyl (C=O) groups is 1. The van der Waals surface area contributed by atoms with Crippen molar-refractivity contribution in [1.82, 2.24) is 15.0 Å². The number of nitrogens with one attached hydrogen (secondary N) is 2. The fraction of sp³-hybridized carbons (Fsp3) is 0.280. The van der Waals surface area contributed by atoms with Crippen molar-refractivity contribution < 1.29 is 13.2 Å². The average Bonchev–Trinajstić information content (AvgIpc) is 2.80. The van der Waals surface area contributed by atoms with Crippen LogP contribution in [0, 0.1) is 0 Å². The van der Waals surface area contributed by atoms with Gasteiger partial charge in [0.25, 0.3) is 0 Å². The second kappa shape index (κ2) is 12.1. The van der Waals surface area contributed by atoms with Gasteiger partial charge in [-0.3, -0.25) is 9.78 Å². The zero-order valence-corrected chi connectivity index (χ0v) is 20.9. The van der Waals surface area contributed by atoms with E-state index in [2.05, 4.69) is 31.0 Å². The van der Waals surface area contributed by atoms with Gasteiger partial charge in [0.05, 0.1) is 11.3 Å². The number of benzene rings is 2. The van der Waals surface area contributed by atoms with E-state index < -0.39 is 10.0 Å². The number of halogens is 1. The highest BCUT2D eigenvalue weighted by Crippen LogP contribution is 2.23. The number of aromatic nitrogens is 1. The molecule has 0 bridgehead atoms. The van der Waals surface area contributed by atoms with E-state index in [1.807, 2.05) is 61.5 Å². The molecule has 2 N–H and O–H groups in total. The van der Waals surface area contributed by atoms with Crippen molar-refractivity contribution in [2.45, 2.75) is 43.5 Å². The normalized spacial score (nSPS) is 12.3. The van der Waals surface area contributed by atoms with Gasteiger partial charge in [-0.25, -0.2) is 13.1 Å². The molecule has 0 aliphatic heterocycles. The van der Waals surface area contributed by atoms with Crippen molar-refractivity contribution >= 4 is 31.9 Å². The third kappa shape index (κ3) is 8.07. The van der Waals surface area contributed by atoms with E-state index in [0.717, 1.165) is 34.1 Å². The fourth-order valence-corrected chi connectivity index (χ4v) is 4.94. The molecule has 0 aliphatic carbocycles. The Morgan fingerprint density at radius 3 is 2.27 bits per heavy atom. The number of nitrogens with zero attached hydrogens (tertiary/aromatic N) is 1. The van der Waals surface area contributed by atoms with E-state index in [1.165, 1.54) is 0 Å². The second-order valence-electron chi connectivity index (χ2n) is 7.90. The molecule has 33 heavy (non-hydrogen) atoms. The molecule has 1 aromatic heterocycles. The van der Waals surface area contributed by atoms with E-state index in [4.69, 9.17) is 0 Å². The van der Waals surface area contributed by atoms with Crippen LogP contribution < -0.4 is 10.0 Å². The van der Waals surface area contributed by atoms with Crippen molar-refractivity contribution in [3.8, 4) is 11.1 Å². The van der Waals surface area contributed by atoms with Crippen molar-refractivity contribution in [3.05, 3.63) is 83.1 Å². The largest absolute Gasteiger partial charge is 0.356 e. The van der Waals surface area contributed by atoms with Gasteiger partial charge >= 0.3 is 0 Å². The van der Waals surface area contributed by atoms with Gasteiger partial charge in [0, 0.05) is 29.0 Å². The van der Waals surface area contributed by atoms with Gasteiger partial charge < -0.3 is 5.32 Å². The molecule has 0 fully saturated rings. The van der Waals surface area contributed by atoms with Gasteiger partial charge in [-0.1, -0.05) is 52.7 Å². The Bertz CT molecular complexity index is 1140. The van der Waals surface area contributed by atoms with Crippen LogP contribution in [0.3, 0.4) is 0 Å². The van der Waals surface area contributed by atoms with Gasteiger partial charge in [-0.05, 0) is 67.3 Å². The maximum Gasteiger partial charge on any atom is 0.240 e. The first-order chi connectivity index (χ1) is 15.8. The number of hydrogen-bond acceptors (Lipinski definition) is 4. The molecule has 0 aliphatic rings. The van der Waals surface area contributed by atoms with Crippen LogP contribution >= 0.6 is 15.9 Å². The van der Waals surface area contributed by atoms with E-state index in [9.17, 15) is 13.2 Å². The Hall–Kier alpha value is -2.55. The molecular weight excluding hydrogens is 502 g/mol. The third-order valence-corrected chi connectivity index (χ3v) is 7.29. The molecule has 1 amide bonds. The van der Waals surface area contributed by atoms with Gasteiger partial charge in [0.2, 0.25) is 15.9 Å². The summed E-state index contributed by atoms with van der Waals surface area (Å²) < 4.78 is 29.2. The minimum absolute atomic E-state index is 0.0611. The van der Waals surface area contributed by atoms with Crippen molar-refractivity contribution in [2.24, 2.45) is 0 Å². The maximum absolute atomic E-state index is 12.7. The zero-order chi connectivity index (χ0) is 23.7. The van der Waals surface area contributed by atoms with Gasteiger partial charge in [-0.15, -0.1) is 0 Å².